The molecule has 2 fully saturated rings. The minimum absolute atomic E-state index is 0.696. The van der Waals surface area contributed by atoms with Gasteiger partial charge >= 0.3 is 0 Å². The molecule has 16 heavy (non-hydrogen) atoms. The van der Waals surface area contributed by atoms with E-state index in [0.717, 1.165) is 17.8 Å². The average molecular weight is 224 g/mol. The number of hydrogen-bond donors (Lipinski definition) is 1. The molecule has 1 aliphatic heterocycles. The maximum Gasteiger partial charge on any atom is 0.00510 e. The molecule has 2 aliphatic rings. The van der Waals surface area contributed by atoms with Gasteiger partial charge in [-0.2, -0.15) is 0 Å². The number of hydrogen-bond acceptors (Lipinski definition) is 2. The van der Waals surface area contributed by atoms with Crippen molar-refractivity contribution in [1.29, 1.82) is 0 Å². The van der Waals surface area contributed by atoms with Crippen LogP contribution in [0.25, 0.3) is 0 Å². The maximum atomic E-state index is 3.62. The van der Waals surface area contributed by atoms with E-state index in [1.165, 1.54) is 45.4 Å². The van der Waals surface area contributed by atoms with E-state index in [0.29, 0.717) is 6.04 Å². The first-order valence-electron chi connectivity index (χ1n) is 7.11. The first-order valence-corrected chi connectivity index (χ1v) is 7.11. The van der Waals surface area contributed by atoms with Crippen molar-refractivity contribution in [3.63, 3.8) is 0 Å². The molecule has 0 aromatic rings. The zero-order valence-corrected chi connectivity index (χ0v) is 11.2. The number of rotatable bonds is 3. The molecule has 2 heteroatoms. The normalized spacial score (nSPS) is 35.4. The van der Waals surface area contributed by atoms with Crippen LogP contribution in [-0.4, -0.2) is 37.1 Å². The molecule has 1 saturated heterocycles. The van der Waals surface area contributed by atoms with Gasteiger partial charge in [0.05, 0.1) is 0 Å². The van der Waals surface area contributed by atoms with Crippen LogP contribution in [0.15, 0.2) is 0 Å². The first kappa shape index (κ1) is 12.4. The van der Waals surface area contributed by atoms with Crippen molar-refractivity contribution in [2.75, 3.05) is 26.2 Å². The Morgan fingerprint density at radius 3 is 2.69 bits per heavy atom. The highest BCUT2D eigenvalue weighted by atomic mass is 15.1. The quantitative estimate of drug-likeness (QED) is 0.791. The standard InChI is InChI=1S/C14H28N2/c1-11-8-15-13(3)6-7-16(9-11)10-12(2)14-4-5-14/h11-15H,4-10H2,1-3H3. The summed E-state index contributed by atoms with van der Waals surface area (Å²) in [4.78, 5) is 2.71. The fourth-order valence-electron chi connectivity index (χ4n) is 2.86. The summed E-state index contributed by atoms with van der Waals surface area (Å²) in [5, 5.41) is 3.62. The highest BCUT2D eigenvalue weighted by Gasteiger charge is 2.29. The Morgan fingerprint density at radius 1 is 1.25 bits per heavy atom. The van der Waals surface area contributed by atoms with Crippen molar-refractivity contribution >= 4 is 0 Å². The lowest BCUT2D eigenvalue weighted by Crippen LogP contribution is -2.43. The van der Waals surface area contributed by atoms with Crippen molar-refractivity contribution in [3.05, 3.63) is 0 Å². The SMILES string of the molecule is CC1CNC(C)CCN(CC(C)C2CC2)C1. The molecule has 3 atom stereocenters. The largest absolute Gasteiger partial charge is 0.314 e. The summed E-state index contributed by atoms with van der Waals surface area (Å²) in [5.74, 6) is 2.78. The Labute approximate surface area is 101 Å². The molecule has 94 valence electrons. The second kappa shape index (κ2) is 5.50. The molecule has 2 rings (SSSR count). The molecule has 1 aliphatic carbocycles. The zero-order valence-electron chi connectivity index (χ0n) is 11.2. The summed E-state index contributed by atoms with van der Waals surface area (Å²) in [6.45, 7) is 12.2. The molecule has 2 nitrogen and oxygen atoms in total. The fraction of sp³-hybridized carbons (Fsp3) is 1.00. The monoisotopic (exact) mass is 224 g/mol. The van der Waals surface area contributed by atoms with Gasteiger partial charge in [-0.15, -0.1) is 0 Å². The van der Waals surface area contributed by atoms with Crippen molar-refractivity contribution in [2.24, 2.45) is 17.8 Å². The average Bonchev–Trinajstić information content (AvgIpc) is 3.04. The molecule has 1 heterocycles. The molecule has 0 amide bonds. The summed E-state index contributed by atoms with van der Waals surface area (Å²) in [5.41, 5.74) is 0. The summed E-state index contributed by atoms with van der Waals surface area (Å²) in [6, 6.07) is 0.696. The highest BCUT2D eigenvalue weighted by molar-refractivity contribution is 4.82. The van der Waals surface area contributed by atoms with Crippen LogP contribution in [0.4, 0.5) is 0 Å². The van der Waals surface area contributed by atoms with Crippen LogP contribution in [0.1, 0.15) is 40.0 Å². The minimum Gasteiger partial charge on any atom is -0.314 e. The molecule has 3 unspecified atom stereocenters. The van der Waals surface area contributed by atoms with E-state index in [-0.39, 0.29) is 0 Å². The molecular weight excluding hydrogens is 196 g/mol. The molecule has 0 aromatic heterocycles. The summed E-state index contributed by atoms with van der Waals surface area (Å²) >= 11 is 0. The van der Waals surface area contributed by atoms with Crippen LogP contribution in [0.3, 0.4) is 0 Å². The van der Waals surface area contributed by atoms with Gasteiger partial charge in [0.15, 0.2) is 0 Å². The molecule has 0 radical (unpaired) electrons. The van der Waals surface area contributed by atoms with Gasteiger partial charge in [-0.05, 0) is 57.0 Å². The Morgan fingerprint density at radius 2 is 2.00 bits per heavy atom. The number of nitrogens with one attached hydrogen (secondary N) is 1. The van der Waals surface area contributed by atoms with Gasteiger partial charge in [-0.1, -0.05) is 13.8 Å². The van der Waals surface area contributed by atoms with Crippen LogP contribution < -0.4 is 5.32 Å². The van der Waals surface area contributed by atoms with Crippen molar-refractivity contribution < 1.29 is 0 Å². The predicted molar refractivity (Wildman–Crippen MR) is 69.6 cm³/mol. The van der Waals surface area contributed by atoms with Gasteiger partial charge in [-0.25, -0.2) is 0 Å². The van der Waals surface area contributed by atoms with Crippen LogP contribution >= 0.6 is 0 Å². The topological polar surface area (TPSA) is 15.3 Å². The number of nitrogens with zero attached hydrogens (tertiary/aromatic N) is 1. The molecule has 1 N–H and O–H groups in total. The lowest BCUT2D eigenvalue weighted by molar-refractivity contribution is 0.173. The second-order valence-electron chi connectivity index (χ2n) is 6.28. The van der Waals surface area contributed by atoms with E-state index in [9.17, 15) is 0 Å². The van der Waals surface area contributed by atoms with E-state index in [2.05, 4.69) is 31.0 Å². The van der Waals surface area contributed by atoms with Gasteiger partial charge in [0.1, 0.15) is 0 Å². The van der Waals surface area contributed by atoms with E-state index < -0.39 is 0 Å². The van der Waals surface area contributed by atoms with E-state index in [1.807, 2.05) is 0 Å². The van der Waals surface area contributed by atoms with Crippen LogP contribution in [-0.2, 0) is 0 Å². The third-order valence-corrected chi connectivity index (χ3v) is 4.24. The smallest absolute Gasteiger partial charge is 0.00510 e. The zero-order chi connectivity index (χ0) is 11.5. The van der Waals surface area contributed by atoms with Crippen molar-refractivity contribution in [2.45, 2.75) is 46.1 Å². The maximum absolute atomic E-state index is 3.62. The van der Waals surface area contributed by atoms with Gasteiger partial charge in [0, 0.05) is 19.1 Å². The Bertz CT molecular complexity index is 213. The summed E-state index contributed by atoms with van der Waals surface area (Å²) in [7, 11) is 0. The molecule has 0 aromatic carbocycles. The third kappa shape index (κ3) is 3.74. The molecular formula is C14H28N2. The first-order chi connectivity index (χ1) is 7.65. The molecule has 0 bridgehead atoms. The predicted octanol–water partition coefficient (Wildman–Crippen LogP) is 2.35. The van der Waals surface area contributed by atoms with Crippen molar-refractivity contribution in [3.8, 4) is 0 Å². The Kier molecular flexibility index (Phi) is 4.26. The van der Waals surface area contributed by atoms with E-state index in [4.69, 9.17) is 0 Å². The molecule has 0 spiro atoms. The highest BCUT2D eigenvalue weighted by Crippen LogP contribution is 2.36. The Balaban J connectivity index is 1.80. The van der Waals surface area contributed by atoms with Crippen molar-refractivity contribution in [1.82, 2.24) is 10.2 Å². The summed E-state index contributed by atoms with van der Waals surface area (Å²) < 4.78 is 0. The lowest BCUT2D eigenvalue weighted by Gasteiger charge is -2.32. The van der Waals surface area contributed by atoms with Crippen LogP contribution in [0.2, 0.25) is 0 Å². The fourth-order valence-corrected chi connectivity index (χ4v) is 2.86. The Hall–Kier alpha value is -0.0800. The van der Waals surface area contributed by atoms with Crippen LogP contribution in [0, 0.1) is 17.8 Å². The van der Waals surface area contributed by atoms with Crippen LogP contribution in [0.5, 0.6) is 0 Å². The van der Waals surface area contributed by atoms with Gasteiger partial charge in [0.2, 0.25) is 0 Å². The summed E-state index contributed by atoms with van der Waals surface area (Å²) in [6.07, 6.45) is 4.29. The van der Waals surface area contributed by atoms with Gasteiger partial charge < -0.3 is 10.2 Å². The molecule has 1 saturated carbocycles. The van der Waals surface area contributed by atoms with Gasteiger partial charge in [0.25, 0.3) is 0 Å². The van der Waals surface area contributed by atoms with Gasteiger partial charge in [-0.3, -0.25) is 0 Å². The third-order valence-electron chi connectivity index (χ3n) is 4.24. The minimum atomic E-state index is 0.696. The second-order valence-corrected chi connectivity index (χ2v) is 6.28. The lowest BCUT2D eigenvalue weighted by atomic mass is 10.0. The van der Waals surface area contributed by atoms with E-state index >= 15 is 0 Å². The van der Waals surface area contributed by atoms with E-state index in [1.54, 1.807) is 0 Å².